The molecule has 11 heavy (non-hydrogen) atoms. The molecule has 1 aromatic rings. The largest absolute Gasteiger partial charge is 0.0828 e. The summed E-state index contributed by atoms with van der Waals surface area (Å²) in [7, 11) is 0.812. The lowest BCUT2D eigenvalue weighted by molar-refractivity contribution is 1.75. The number of halogens is 4. The zero-order valence-corrected chi connectivity index (χ0v) is 10.6. The Kier molecular flexibility index (Phi) is 3.12. The SMILES string of the molecule is [SiH3]c1cc(Cl)c(Cl)c(Cl)c1Cl. The van der Waals surface area contributed by atoms with Gasteiger partial charge in [0, 0.05) is 10.2 Å². The first-order valence-electron chi connectivity index (χ1n) is 2.83. The second-order valence-electron chi connectivity index (χ2n) is 2.12. The summed E-state index contributed by atoms with van der Waals surface area (Å²) < 4.78 is 0. The fourth-order valence-electron chi connectivity index (χ4n) is 0.691. The van der Waals surface area contributed by atoms with Crippen molar-refractivity contribution in [2.45, 2.75) is 0 Å². The van der Waals surface area contributed by atoms with Gasteiger partial charge < -0.3 is 0 Å². The molecule has 1 aromatic carbocycles. The lowest BCUT2D eigenvalue weighted by Gasteiger charge is -2.03. The zero-order chi connectivity index (χ0) is 8.59. The molecule has 60 valence electrons. The minimum atomic E-state index is 0.331. The summed E-state index contributed by atoms with van der Waals surface area (Å²) in [5.41, 5.74) is 0. The molecule has 1 rings (SSSR count). The van der Waals surface area contributed by atoms with Crippen LogP contribution in [-0.4, -0.2) is 10.2 Å². The average Bonchev–Trinajstić information content (AvgIpc) is 1.97. The van der Waals surface area contributed by atoms with E-state index in [9.17, 15) is 0 Å². The normalized spacial score (nSPS) is 10.5. The molecule has 0 amide bonds. The van der Waals surface area contributed by atoms with Gasteiger partial charge in [0.2, 0.25) is 0 Å². The van der Waals surface area contributed by atoms with E-state index in [1.165, 1.54) is 0 Å². The van der Waals surface area contributed by atoms with Crippen molar-refractivity contribution < 1.29 is 0 Å². The molecule has 0 spiro atoms. The molecule has 0 bridgehead atoms. The van der Waals surface area contributed by atoms with Gasteiger partial charge in [0.05, 0.1) is 20.1 Å². The summed E-state index contributed by atoms with van der Waals surface area (Å²) in [6.07, 6.45) is 0. The van der Waals surface area contributed by atoms with E-state index < -0.39 is 0 Å². The Balaban J connectivity index is 3.46. The Morgan fingerprint density at radius 1 is 0.909 bits per heavy atom. The van der Waals surface area contributed by atoms with E-state index in [1.807, 2.05) is 0 Å². The van der Waals surface area contributed by atoms with Crippen molar-refractivity contribution in [1.82, 2.24) is 0 Å². The summed E-state index contributed by atoms with van der Waals surface area (Å²) in [5, 5.41) is 2.63. The molecule has 0 nitrogen and oxygen atoms in total. The summed E-state index contributed by atoms with van der Waals surface area (Å²) in [5.74, 6) is 0. The quantitative estimate of drug-likeness (QED) is 0.374. The van der Waals surface area contributed by atoms with Crippen molar-refractivity contribution in [3.63, 3.8) is 0 Å². The summed E-state index contributed by atoms with van der Waals surface area (Å²) in [4.78, 5) is 0. The van der Waals surface area contributed by atoms with Gasteiger partial charge >= 0.3 is 0 Å². The van der Waals surface area contributed by atoms with E-state index in [1.54, 1.807) is 6.07 Å². The maximum Gasteiger partial charge on any atom is 0.0793 e. The van der Waals surface area contributed by atoms with Crippen LogP contribution in [-0.2, 0) is 0 Å². The molecule has 0 saturated carbocycles. The molecule has 0 unspecified atom stereocenters. The first-order valence-corrected chi connectivity index (χ1v) is 5.35. The minimum absolute atomic E-state index is 0.331. The monoisotopic (exact) mass is 244 g/mol. The number of hydrogen-bond donors (Lipinski definition) is 0. The van der Waals surface area contributed by atoms with E-state index in [2.05, 4.69) is 0 Å². The molecule has 5 heteroatoms. The molecule has 0 saturated heterocycles. The van der Waals surface area contributed by atoms with E-state index in [0.29, 0.717) is 20.1 Å². The average molecular weight is 246 g/mol. The van der Waals surface area contributed by atoms with Crippen LogP contribution < -0.4 is 5.19 Å². The Morgan fingerprint density at radius 3 is 2.00 bits per heavy atom. The number of rotatable bonds is 0. The Labute approximate surface area is 87.8 Å². The van der Waals surface area contributed by atoms with Gasteiger partial charge in [-0.3, -0.25) is 0 Å². The van der Waals surface area contributed by atoms with E-state index in [0.717, 1.165) is 15.4 Å². The lowest BCUT2D eigenvalue weighted by atomic mass is 10.3. The molecule has 0 heterocycles. The van der Waals surface area contributed by atoms with Gasteiger partial charge in [-0.2, -0.15) is 0 Å². The topological polar surface area (TPSA) is 0 Å². The van der Waals surface area contributed by atoms with Crippen LogP contribution in [0.25, 0.3) is 0 Å². The Bertz CT molecular complexity index is 271. The van der Waals surface area contributed by atoms with Gasteiger partial charge in [0.1, 0.15) is 0 Å². The van der Waals surface area contributed by atoms with Crippen molar-refractivity contribution in [2.75, 3.05) is 0 Å². The molecule has 0 aliphatic heterocycles. The maximum atomic E-state index is 5.81. The molecular formula is C6H4Cl4Si. The minimum Gasteiger partial charge on any atom is -0.0828 e. The second-order valence-corrected chi connectivity index (χ2v) is 4.74. The molecule has 0 atom stereocenters. The van der Waals surface area contributed by atoms with Crippen molar-refractivity contribution in [3.8, 4) is 0 Å². The van der Waals surface area contributed by atoms with E-state index >= 15 is 0 Å². The van der Waals surface area contributed by atoms with Crippen LogP contribution in [0.4, 0.5) is 0 Å². The van der Waals surface area contributed by atoms with E-state index in [-0.39, 0.29) is 0 Å². The van der Waals surface area contributed by atoms with Crippen molar-refractivity contribution in [2.24, 2.45) is 0 Å². The van der Waals surface area contributed by atoms with Crippen molar-refractivity contribution >= 4 is 61.8 Å². The zero-order valence-electron chi connectivity index (χ0n) is 5.59. The molecular weight excluding hydrogens is 242 g/mol. The van der Waals surface area contributed by atoms with Crippen LogP contribution in [0.5, 0.6) is 0 Å². The van der Waals surface area contributed by atoms with Crippen LogP contribution in [0, 0.1) is 0 Å². The fourth-order valence-corrected chi connectivity index (χ4v) is 2.48. The fraction of sp³-hybridized carbons (Fsp3) is 0. The maximum absolute atomic E-state index is 5.81. The second kappa shape index (κ2) is 3.54. The Hall–Kier alpha value is 0.597. The predicted molar refractivity (Wildman–Crippen MR) is 56.1 cm³/mol. The Morgan fingerprint density at radius 2 is 1.45 bits per heavy atom. The highest BCUT2D eigenvalue weighted by Crippen LogP contribution is 2.33. The van der Waals surface area contributed by atoms with Gasteiger partial charge in [-0.1, -0.05) is 46.4 Å². The molecule has 0 radical (unpaired) electrons. The summed E-state index contributed by atoms with van der Waals surface area (Å²) in [6.45, 7) is 0. The molecule has 0 aliphatic carbocycles. The van der Waals surface area contributed by atoms with Crippen LogP contribution in [0.1, 0.15) is 0 Å². The number of hydrogen-bond acceptors (Lipinski definition) is 0. The van der Waals surface area contributed by atoms with Gasteiger partial charge in [0.15, 0.2) is 0 Å². The lowest BCUT2D eigenvalue weighted by Crippen LogP contribution is -2.04. The first kappa shape index (κ1) is 9.68. The van der Waals surface area contributed by atoms with Crippen LogP contribution in [0.15, 0.2) is 6.07 Å². The smallest absolute Gasteiger partial charge is 0.0793 e. The summed E-state index contributed by atoms with van der Waals surface area (Å²) >= 11 is 23.0. The van der Waals surface area contributed by atoms with Crippen LogP contribution in [0.3, 0.4) is 0 Å². The third-order valence-electron chi connectivity index (χ3n) is 1.28. The highest BCUT2D eigenvalue weighted by Gasteiger charge is 2.09. The number of benzene rings is 1. The van der Waals surface area contributed by atoms with Gasteiger partial charge in [-0.15, -0.1) is 0 Å². The van der Waals surface area contributed by atoms with E-state index in [4.69, 9.17) is 46.4 Å². The molecule has 0 aliphatic rings. The first-order chi connectivity index (χ1) is 5.04. The van der Waals surface area contributed by atoms with Crippen molar-refractivity contribution in [3.05, 3.63) is 26.2 Å². The highest BCUT2D eigenvalue weighted by molar-refractivity contribution is 6.56. The predicted octanol–water partition coefficient (Wildman–Crippen LogP) is 2.29. The highest BCUT2D eigenvalue weighted by atomic mass is 35.5. The van der Waals surface area contributed by atoms with Gasteiger partial charge in [-0.05, 0) is 11.3 Å². The molecule has 0 N–H and O–H groups in total. The van der Waals surface area contributed by atoms with Crippen molar-refractivity contribution in [1.29, 1.82) is 0 Å². The van der Waals surface area contributed by atoms with Crippen LogP contribution >= 0.6 is 46.4 Å². The summed E-state index contributed by atoms with van der Waals surface area (Å²) in [6, 6.07) is 1.74. The van der Waals surface area contributed by atoms with Gasteiger partial charge in [-0.25, -0.2) is 0 Å². The molecule has 0 aromatic heterocycles. The van der Waals surface area contributed by atoms with Crippen LogP contribution in [0.2, 0.25) is 20.1 Å². The third kappa shape index (κ3) is 1.85. The third-order valence-corrected chi connectivity index (χ3v) is 4.24. The van der Waals surface area contributed by atoms with Gasteiger partial charge in [0.25, 0.3) is 0 Å². The standard InChI is InChI=1S/C6H4Cl4Si/c7-2-1-3(11)5(9)6(10)4(2)8/h1H,11H3. The molecule has 0 fully saturated rings.